The molecule has 1 atom stereocenters. The minimum absolute atomic E-state index is 0.265. The Morgan fingerprint density at radius 2 is 1.80 bits per heavy atom. The van der Waals surface area contributed by atoms with Crippen LogP contribution in [-0.4, -0.2) is 25.2 Å². The highest BCUT2D eigenvalue weighted by Gasteiger charge is 2.14. The summed E-state index contributed by atoms with van der Waals surface area (Å²) in [6, 6.07) is 8.95. The van der Waals surface area contributed by atoms with Crippen molar-refractivity contribution in [1.29, 1.82) is 0 Å². The van der Waals surface area contributed by atoms with E-state index in [2.05, 4.69) is 13.8 Å². The highest BCUT2D eigenvalue weighted by atomic mass is 16.5. The summed E-state index contributed by atoms with van der Waals surface area (Å²) in [5.74, 6) is 0.251. The van der Waals surface area contributed by atoms with Gasteiger partial charge in [0.15, 0.2) is 0 Å². The van der Waals surface area contributed by atoms with Gasteiger partial charge in [0.25, 0.3) is 0 Å². The zero-order valence-corrected chi connectivity index (χ0v) is 12.4. The highest BCUT2D eigenvalue weighted by Crippen LogP contribution is 2.03. The molecular formula is C16H25NO3. The summed E-state index contributed by atoms with van der Waals surface area (Å²) in [6.07, 6.45) is 1.51. The van der Waals surface area contributed by atoms with Crippen LogP contribution in [0.2, 0.25) is 0 Å². The van der Waals surface area contributed by atoms with Crippen molar-refractivity contribution in [2.24, 2.45) is 11.7 Å². The molecule has 0 aliphatic heterocycles. The molecule has 1 aromatic carbocycles. The molecule has 112 valence electrons. The fourth-order valence-electron chi connectivity index (χ4n) is 1.58. The van der Waals surface area contributed by atoms with Gasteiger partial charge in [-0.25, -0.2) is 0 Å². The minimum Gasteiger partial charge on any atom is -0.460 e. The maximum absolute atomic E-state index is 11.7. The zero-order chi connectivity index (χ0) is 14.8. The Morgan fingerprint density at radius 3 is 2.45 bits per heavy atom. The highest BCUT2D eigenvalue weighted by molar-refractivity contribution is 5.75. The maximum Gasteiger partial charge on any atom is 0.323 e. The Kier molecular flexibility index (Phi) is 7.92. The van der Waals surface area contributed by atoms with Gasteiger partial charge in [-0.1, -0.05) is 44.2 Å². The second kappa shape index (κ2) is 9.50. The number of nitrogens with two attached hydrogens (primary N) is 1. The van der Waals surface area contributed by atoms with Gasteiger partial charge in [-0.2, -0.15) is 0 Å². The molecule has 0 radical (unpaired) electrons. The van der Waals surface area contributed by atoms with Crippen LogP contribution in [0.5, 0.6) is 0 Å². The summed E-state index contributed by atoms with van der Waals surface area (Å²) in [5, 5.41) is 0. The number of hydrogen-bond acceptors (Lipinski definition) is 4. The van der Waals surface area contributed by atoms with Crippen molar-refractivity contribution in [2.45, 2.75) is 39.3 Å². The first-order valence-electron chi connectivity index (χ1n) is 7.13. The Bertz CT molecular complexity index is 379. The molecule has 0 aromatic heterocycles. The van der Waals surface area contributed by atoms with Crippen molar-refractivity contribution in [3.8, 4) is 0 Å². The van der Waals surface area contributed by atoms with Crippen LogP contribution < -0.4 is 5.73 Å². The van der Waals surface area contributed by atoms with E-state index in [1.54, 1.807) is 0 Å². The first kappa shape index (κ1) is 16.7. The molecular weight excluding hydrogens is 254 g/mol. The molecule has 20 heavy (non-hydrogen) atoms. The molecule has 0 saturated carbocycles. The number of esters is 1. The minimum atomic E-state index is -0.613. The number of carbonyl (C=O) groups excluding carboxylic acids is 1. The second-order valence-corrected chi connectivity index (χ2v) is 5.28. The van der Waals surface area contributed by atoms with E-state index in [9.17, 15) is 4.79 Å². The molecule has 2 N–H and O–H groups in total. The zero-order valence-electron chi connectivity index (χ0n) is 12.4. The SMILES string of the molecule is CC(C)CCOCC[C@H](N)C(=O)OCc1ccccc1. The predicted molar refractivity (Wildman–Crippen MR) is 79.1 cm³/mol. The standard InChI is InChI=1S/C16H25NO3/c1-13(2)8-10-19-11-9-15(17)16(18)20-12-14-6-4-3-5-7-14/h3-7,13,15H,8-12,17H2,1-2H3/t15-/m0/s1. The molecule has 0 unspecified atom stereocenters. The van der Waals surface area contributed by atoms with Gasteiger partial charge in [-0.05, 0) is 24.3 Å². The monoisotopic (exact) mass is 279 g/mol. The van der Waals surface area contributed by atoms with Crippen molar-refractivity contribution in [2.75, 3.05) is 13.2 Å². The molecule has 0 heterocycles. The van der Waals surface area contributed by atoms with Crippen LogP contribution in [-0.2, 0) is 20.9 Å². The molecule has 0 aliphatic rings. The van der Waals surface area contributed by atoms with Crippen LogP contribution in [0.15, 0.2) is 30.3 Å². The van der Waals surface area contributed by atoms with Crippen LogP contribution in [0, 0.1) is 5.92 Å². The number of benzene rings is 1. The van der Waals surface area contributed by atoms with E-state index >= 15 is 0 Å². The van der Waals surface area contributed by atoms with Gasteiger partial charge in [0, 0.05) is 13.2 Å². The first-order chi connectivity index (χ1) is 9.59. The lowest BCUT2D eigenvalue weighted by Crippen LogP contribution is -2.33. The van der Waals surface area contributed by atoms with Crippen LogP contribution in [0.25, 0.3) is 0 Å². The largest absolute Gasteiger partial charge is 0.460 e. The van der Waals surface area contributed by atoms with Crippen LogP contribution in [0.3, 0.4) is 0 Å². The van der Waals surface area contributed by atoms with E-state index in [0.717, 1.165) is 12.0 Å². The third-order valence-corrected chi connectivity index (χ3v) is 2.94. The van der Waals surface area contributed by atoms with Gasteiger partial charge in [0.05, 0.1) is 0 Å². The molecule has 4 nitrogen and oxygen atoms in total. The molecule has 0 saturated heterocycles. The first-order valence-corrected chi connectivity index (χ1v) is 7.13. The van der Waals surface area contributed by atoms with Gasteiger partial charge in [0.2, 0.25) is 0 Å². The average molecular weight is 279 g/mol. The smallest absolute Gasteiger partial charge is 0.323 e. The van der Waals surface area contributed by atoms with Crippen molar-refractivity contribution in [3.05, 3.63) is 35.9 Å². The summed E-state index contributed by atoms with van der Waals surface area (Å²) in [7, 11) is 0. The fraction of sp³-hybridized carbons (Fsp3) is 0.562. The lowest BCUT2D eigenvalue weighted by atomic mass is 10.1. The average Bonchev–Trinajstić information content (AvgIpc) is 2.45. The van der Waals surface area contributed by atoms with E-state index in [0.29, 0.717) is 25.6 Å². The molecule has 1 aromatic rings. The van der Waals surface area contributed by atoms with Gasteiger partial charge < -0.3 is 15.2 Å². The van der Waals surface area contributed by atoms with E-state index in [-0.39, 0.29) is 12.6 Å². The molecule has 0 amide bonds. The molecule has 0 bridgehead atoms. The van der Waals surface area contributed by atoms with E-state index in [4.69, 9.17) is 15.2 Å². The normalized spacial score (nSPS) is 12.4. The Labute approximate surface area is 121 Å². The van der Waals surface area contributed by atoms with E-state index < -0.39 is 6.04 Å². The van der Waals surface area contributed by atoms with Crippen molar-refractivity contribution >= 4 is 5.97 Å². The molecule has 1 rings (SSSR count). The number of rotatable bonds is 9. The summed E-state index contributed by atoms with van der Waals surface area (Å²) in [6.45, 7) is 5.77. The lowest BCUT2D eigenvalue weighted by molar-refractivity contribution is -0.147. The Balaban J connectivity index is 2.13. The van der Waals surface area contributed by atoms with E-state index in [1.807, 2.05) is 30.3 Å². The summed E-state index contributed by atoms with van der Waals surface area (Å²) >= 11 is 0. The molecule has 4 heteroatoms. The van der Waals surface area contributed by atoms with Gasteiger partial charge >= 0.3 is 5.97 Å². The fourth-order valence-corrected chi connectivity index (χ4v) is 1.58. The van der Waals surface area contributed by atoms with Gasteiger partial charge in [-0.15, -0.1) is 0 Å². The summed E-state index contributed by atoms with van der Waals surface area (Å²) < 4.78 is 10.6. The second-order valence-electron chi connectivity index (χ2n) is 5.28. The summed E-state index contributed by atoms with van der Waals surface area (Å²) in [5.41, 5.74) is 6.73. The number of carbonyl (C=O) groups is 1. The number of hydrogen-bond donors (Lipinski definition) is 1. The number of ether oxygens (including phenoxy) is 2. The topological polar surface area (TPSA) is 61.5 Å². The lowest BCUT2D eigenvalue weighted by Gasteiger charge is -2.12. The molecule has 0 spiro atoms. The van der Waals surface area contributed by atoms with Crippen LogP contribution >= 0.6 is 0 Å². The summed E-state index contributed by atoms with van der Waals surface area (Å²) in [4.78, 5) is 11.7. The quantitative estimate of drug-likeness (QED) is 0.557. The van der Waals surface area contributed by atoms with E-state index in [1.165, 1.54) is 0 Å². The third kappa shape index (κ3) is 7.26. The molecule has 0 aliphatic carbocycles. The molecule has 0 fully saturated rings. The predicted octanol–water partition coefficient (Wildman–Crippen LogP) is 2.51. The van der Waals surface area contributed by atoms with Crippen molar-refractivity contribution < 1.29 is 14.3 Å². The van der Waals surface area contributed by atoms with Crippen molar-refractivity contribution in [3.63, 3.8) is 0 Å². The Hall–Kier alpha value is -1.39. The van der Waals surface area contributed by atoms with Gasteiger partial charge in [-0.3, -0.25) is 4.79 Å². The van der Waals surface area contributed by atoms with Crippen molar-refractivity contribution in [1.82, 2.24) is 0 Å². The Morgan fingerprint density at radius 1 is 1.15 bits per heavy atom. The maximum atomic E-state index is 11.7. The van der Waals surface area contributed by atoms with Crippen LogP contribution in [0.4, 0.5) is 0 Å². The third-order valence-electron chi connectivity index (χ3n) is 2.94. The van der Waals surface area contributed by atoms with Gasteiger partial charge in [0.1, 0.15) is 12.6 Å². The van der Waals surface area contributed by atoms with Crippen LogP contribution in [0.1, 0.15) is 32.3 Å².